The van der Waals surface area contributed by atoms with Crippen LogP contribution >= 0.6 is 0 Å². The van der Waals surface area contributed by atoms with Gasteiger partial charge in [0.2, 0.25) is 0 Å². The molecule has 1 unspecified atom stereocenters. The lowest BCUT2D eigenvalue weighted by molar-refractivity contribution is 0.199. The molecule has 1 atom stereocenters. The number of aliphatic hydroxyl groups excluding tert-OH is 1. The number of aromatic nitrogens is 1. The molecule has 1 heterocycles. The summed E-state index contributed by atoms with van der Waals surface area (Å²) in [6, 6.07) is 4.25. The fourth-order valence-electron chi connectivity index (χ4n) is 2.90. The summed E-state index contributed by atoms with van der Waals surface area (Å²) in [6.45, 7) is 4.26. The molecule has 1 aromatic heterocycles. The molecular formula is C20H24FN3O2. The molecule has 1 aliphatic rings. The van der Waals surface area contributed by atoms with Gasteiger partial charge in [-0.2, -0.15) is 0 Å². The van der Waals surface area contributed by atoms with Gasteiger partial charge in [-0.05, 0) is 55.0 Å². The van der Waals surface area contributed by atoms with Crippen molar-refractivity contribution in [3.8, 4) is 11.3 Å². The van der Waals surface area contributed by atoms with E-state index in [-0.39, 0.29) is 0 Å². The predicted octanol–water partition coefficient (Wildman–Crippen LogP) is 3.92. The Morgan fingerprint density at radius 2 is 2.27 bits per heavy atom. The third-order valence-corrected chi connectivity index (χ3v) is 4.46. The van der Waals surface area contributed by atoms with Crippen molar-refractivity contribution in [1.82, 2.24) is 10.3 Å². The fraction of sp³-hybridized carbons (Fsp3) is 0.400. The standard InChI is InChI=1S/C20H24FN3O2/c1-12(25)18-8-16(21)5-6-17(18)20-19(24-13(2)26-20)7-15(9-22)11-23-10-14-3-4-14/h5-6,8-9,11-12,14,22-23,25H,3-4,7,10H2,1-2H3/b15-11-,22-9?. The van der Waals surface area contributed by atoms with E-state index in [0.29, 0.717) is 34.9 Å². The fourth-order valence-corrected chi connectivity index (χ4v) is 2.90. The highest BCUT2D eigenvalue weighted by atomic mass is 19.1. The lowest BCUT2D eigenvalue weighted by Crippen LogP contribution is -2.11. The molecule has 3 rings (SSSR count). The molecule has 1 saturated carbocycles. The number of nitrogens with one attached hydrogen (secondary N) is 2. The van der Waals surface area contributed by atoms with Gasteiger partial charge >= 0.3 is 0 Å². The first-order valence-electron chi connectivity index (χ1n) is 8.85. The van der Waals surface area contributed by atoms with Crippen LogP contribution in [-0.2, 0) is 6.42 Å². The number of nitrogens with zero attached hydrogens (tertiary/aromatic N) is 1. The van der Waals surface area contributed by atoms with E-state index in [1.807, 2.05) is 6.20 Å². The highest BCUT2D eigenvalue weighted by Gasteiger charge is 2.21. The molecule has 26 heavy (non-hydrogen) atoms. The summed E-state index contributed by atoms with van der Waals surface area (Å²) in [5, 5.41) is 20.9. The van der Waals surface area contributed by atoms with E-state index in [4.69, 9.17) is 9.83 Å². The molecule has 0 saturated heterocycles. The monoisotopic (exact) mass is 357 g/mol. The van der Waals surface area contributed by atoms with E-state index in [2.05, 4.69) is 10.3 Å². The minimum atomic E-state index is -0.836. The van der Waals surface area contributed by atoms with Gasteiger partial charge in [0.15, 0.2) is 11.7 Å². The molecule has 0 aliphatic heterocycles. The van der Waals surface area contributed by atoms with Crippen LogP contribution < -0.4 is 5.32 Å². The molecule has 0 radical (unpaired) electrons. The van der Waals surface area contributed by atoms with Crippen molar-refractivity contribution < 1.29 is 13.9 Å². The van der Waals surface area contributed by atoms with E-state index in [9.17, 15) is 9.50 Å². The van der Waals surface area contributed by atoms with Crippen LogP contribution in [0.4, 0.5) is 4.39 Å². The second kappa shape index (κ2) is 7.83. The number of aliphatic hydroxyl groups is 1. The molecule has 0 spiro atoms. The number of aryl methyl sites for hydroxylation is 1. The Morgan fingerprint density at radius 1 is 1.50 bits per heavy atom. The molecule has 1 aliphatic carbocycles. The maximum Gasteiger partial charge on any atom is 0.192 e. The van der Waals surface area contributed by atoms with Gasteiger partial charge in [-0.3, -0.25) is 0 Å². The quantitative estimate of drug-likeness (QED) is 0.626. The Labute approximate surface area is 152 Å². The topological polar surface area (TPSA) is 82.1 Å². The summed E-state index contributed by atoms with van der Waals surface area (Å²) in [7, 11) is 0. The maximum absolute atomic E-state index is 13.6. The van der Waals surface area contributed by atoms with Gasteiger partial charge < -0.3 is 20.2 Å². The number of benzene rings is 1. The van der Waals surface area contributed by atoms with Crippen molar-refractivity contribution in [2.45, 2.75) is 39.2 Å². The second-order valence-corrected chi connectivity index (χ2v) is 6.81. The minimum Gasteiger partial charge on any atom is -0.441 e. The van der Waals surface area contributed by atoms with E-state index in [1.54, 1.807) is 19.9 Å². The van der Waals surface area contributed by atoms with E-state index >= 15 is 0 Å². The Morgan fingerprint density at radius 3 is 2.92 bits per heavy atom. The molecule has 1 fully saturated rings. The summed E-state index contributed by atoms with van der Waals surface area (Å²) in [5.41, 5.74) is 2.52. The number of allylic oxidation sites excluding steroid dienone is 1. The van der Waals surface area contributed by atoms with Gasteiger partial charge in [-0.15, -0.1) is 0 Å². The zero-order valence-corrected chi connectivity index (χ0v) is 15.1. The van der Waals surface area contributed by atoms with Crippen LogP contribution in [0.5, 0.6) is 0 Å². The largest absolute Gasteiger partial charge is 0.441 e. The molecule has 6 heteroatoms. The first-order chi connectivity index (χ1) is 12.5. The molecule has 0 bridgehead atoms. The normalized spacial score (nSPS) is 15.8. The summed E-state index contributed by atoms with van der Waals surface area (Å²) in [4.78, 5) is 4.44. The number of rotatable bonds is 8. The van der Waals surface area contributed by atoms with Crippen molar-refractivity contribution >= 4 is 6.21 Å². The van der Waals surface area contributed by atoms with Crippen molar-refractivity contribution in [3.63, 3.8) is 0 Å². The molecule has 2 aromatic rings. The lowest BCUT2D eigenvalue weighted by Gasteiger charge is -2.11. The van der Waals surface area contributed by atoms with Crippen LogP contribution in [0.3, 0.4) is 0 Å². The summed E-state index contributed by atoms with van der Waals surface area (Å²) >= 11 is 0. The molecule has 3 N–H and O–H groups in total. The number of halogens is 1. The second-order valence-electron chi connectivity index (χ2n) is 6.81. The summed E-state index contributed by atoms with van der Waals surface area (Å²) in [6.07, 6.45) is 5.26. The van der Waals surface area contributed by atoms with E-state index in [0.717, 1.165) is 18.0 Å². The predicted molar refractivity (Wildman–Crippen MR) is 98.6 cm³/mol. The van der Waals surface area contributed by atoms with Crippen LogP contribution in [0.15, 0.2) is 34.4 Å². The van der Waals surface area contributed by atoms with Gasteiger partial charge in [-0.1, -0.05) is 0 Å². The first kappa shape index (κ1) is 18.3. The van der Waals surface area contributed by atoms with Crippen LogP contribution in [0.1, 0.15) is 43.0 Å². The highest BCUT2D eigenvalue weighted by Crippen LogP contribution is 2.33. The summed E-state index contributed by atoms with van der Waals surface area (Å²) < 4.78 is 19.4. The smallest absolute Gasteiger partial charge is 0.192 e. The van der Waals surface area contributed by atoms with Gasteiger partial charge in [-0.25, -0.2) is 9.37 Å². The third-order valence-electron chi connectivity index (χ3n) is 4.46. The van der Waals surface area contributed by atoms with Crippen LogP contribution in [-0.4, -0.2) is 22.8 Å². The maximum atomic E-state index is 13.6. The Bertz CT molecular complexity index is 822. The van der Waals surface area contributed by atoms with Crippen LogP contribution in [0.2, 0.25) is 0 Å². The van der Waals surface area contributed by atoms with Crippen molar-refractivity contribution in [3.05, 3.63) is 52.9 Å². The van der Waals surface area contributed by atoms with E-state index in [1.165, 1.54) is 31.2 Å². The van der Waals surface area contributed by atoms with Crippen LogP contribution in [0.25, 0.3) is 11.3 Å². The molecule has 138 valence electrons. The van der Waals surface area contributed by atoms with Crippen molar-refractivity contribution in [2.75, 3.05) is 6.54 Å². The van der Waals surface area contributed by atoms with Gasteiger partial charge in [0.25, 0.3) is 0 Å². The Balaban J connectivity index is 1.89. The highest BCUT2D eigenvalue weighted by molar-refractivity contribution is 5.77. The molecule has 0 amide bonds. The molecular weight excluding hydrogens is 333 g/mol. The zero-order valence-electron chi connectivity index (χ0n) is 15.1. The average molecular weight is 357 g/mol. The molecule has 1 aromatic carbocycles. The Kier molecular flexibility index (Phi) is 5.52. The minimum absolute atomic E-state index is 0.410. The van der Waals surface area contributed by atoms with E-state index < -0.39 is 11.9 Å². The Hall–Kier alpha value is -2.47. The SMILES string of the molecule is Cc1nc(C/C(C=N)=C/NCC2CC2)c(-c2ccc(F)cc2C(C)O)o1. The average Bonchev–Trinajstić information content (AvgIpc) is 3.35. The lowest BCUT2D eigenvalue weighted by atomic mass is 9.98. The number of hydrogen-bond acceptors (Lipinski definition) is 5. The van der Waals surface area contributed by atoms with Crippen molar-refractivity contribution in [1.29, 1.82) is 5.41 Å². The molecule has 5 nitrogen and oxygen atoms in total. The van der Waals surface area contributed by atoms with Gasteiger partial charge in [0.1, 0.15) is 5.82 Å². The number of hydrogen-bond donors (Lipinski definition) is 3. The summed E-state index contributed by atoms with van der Waals surface area (Å²) in [5.74, 6) is 1.34. The number of oxazole rings is 1. The van der Waals surface area contributed by atoms with Crippen LogP contribution in [0, 0.1) is 24.1 Å². The van der Waals surface area contributed by atoms with Gasteiger partial charge in [0, 0.05) is 37.9 Å². The third kappa shape index (κ3) is 4.38. The van der Waals surface area contributed by atoms with Crippen molar-refractivity contribution in [2.24, 2.45) is 5.92 Å². The first-order valence-corrected chi connectivity index (χ1v) is 8.85. The van der Waals surface area contributed by atoms with Gasteiger partial charge in [0.05, 0.1) is 11.8 Å². The zero-order chi connectivity index (χ0) is 18.7.